The zero-order chi connectivity index (χ0) is 11.6. The molecule has 0 unspecified atom stereocenters. The van der Waals surface area contributed by atoms with Crippen LogP contribution in [0.25, 0.3) is 0 Å². The van der Waals surface area contributed by atoms with Gasteiger partial charge in [-0.3, -0.25) is 0 Å². The summed E-state index contributed by atoms with van der Waals surface area (Å²) in [5, 5.41) is 9.18. The van der Waals surface area contributed by atoms with Gasteiger partial charge < -0.3 is 0 Å². The van der Waals surface area contributed by atoms with Crippen molar-refractivity contribution in [1.82, 2.24) is 4.72 Å². The Morgan fingerprint density at radius 3 is 2.38 bits per heavy atom. The molecule has 0 aliphatic heterocycles. The molecule has 0 saturated heterocycles. The number of rotatable bonds is 4. The number of hydrogen-bond donors (Lipinski definition) is 1. The van der Waals surface area contributed by atoms with Crippen LogP contribution in [0.3, 0.4) is 0 Å². The molecule has 2 fully saturated rings. The fourth-order valence-corrected chi connectivity index (χ4v) is 4.21. The average molecular weight is 242 g/mol. The van der Waals surface area contributed by atoms with Crippen molar-refractivity contribution in [2.45, 2.75) is 50.5 Å². The first-order chi connectivity index (χ1) is 7.55. The summed E-state index contributed by atoms with van der Waals surface area (Å²) in [7, 11) is -3.26. The molecule has 0 heterocycles. The highest BCUT2D eigenvalue weighted by molar-refractivity contribution is 7.89. The number of sulfonamides is 1. The van der Waals surface area contributed by atoms with Gasteiger partial charge in [0.15, 0.2) is 0 Å². The number of nitrogens with zero attached hydrogens (tertiary/aromatic N) is 1. The predicted molar refractivity (Wildman–Crippen MR) is 61.1 cm³/mol. The largest absolute Gasteiger partial charge is 0.213 e. The van der Waals surface area contributed by atoms with E-state index < -0.39 is 15.6 Å². The van der Waals surface area contributed by atoms with Crippen molar-refractivity contribution >= 4 is 10.0 Å². The molecular formula is C11H18N2O2S. The first-order valence-corrected chi connectivity index (χ1v) is 7.63. The van der Waals surface area contributed by atoms with Crippen LogP contribution in [0.5, 0.6) is 0 Å². The summed E-state index contributed by atoms with van der Waals surface area (Å²) in [5.41, 5.74) is -0.814. The monoisotopic (exact) mass is 242 g/mol. The summed E-state index contributed by atoms with van der Waals surface area (Å²) in [5.74, 6) is 0.535. The van der Waals surface area contributed by atoms with Gasteiger partial charge in [0.25, 0.3) is 0 Å². The van der Waals surface area contributed by atoms with Gasteiger partial charge in [0, 0.05) is 0 Å². The van der Waals surface area contributed by atoms with Crippen molar-refractivity contribution < 1.29 is 8.42 Å². The Bertz CT molecular complexity index is 387. The van der Waals surface area contributed by atoms with Crippen molar-refractivity contribution in [1.29, 1.82) is 5.26 Å². The average Bonchev–Trinajstić information content (AvgIpc) is 3.01. The smallest absolute Gasteiger partial charge is 0.212 e. The maximum Gasteiger partial charge on any atom is 0.213 e. The summed E-state index contributed by atoms with van der Waals surface area (Å²) < 4.78 is 26.3. The Morgan fingerprint density at radius 1 is 1.25 bits per heavy atom. The Kier molecular flexibility index (Phi) is 3.22. The number of nitriles is 1. The Balaban J connectivity index is 2.02. The van der Waals surface area contributed by atoms with Gasteiger partial charge in [0.05, 0.1) is 11.8 Å². The predicted octanol–water partition coefficient (Wildman–Crippen LogP) is 1.54. The van der Waals surface area contributed by atoms with Crippen LogP contribution in [0.4, 0.5) is 0 Å². The molecule has 0 radical (unpaired) electrons. The second-order valence-electron chi connectivity index (χ2n) is 5.08. The lowest BCUT2D eigenvalue weighted by Crippen LogP contribution is -2.49. The van der Waals surface area contributed by atoms with Crippen molar-refractivity contribution in [2.24, 2.45) is 5.92 Å². The second-order valence-corrected chi connectivity index (χ2v) is 6.85. The summed E-state index contributed by atoms with van der Waals surface area (Å²) >= 11 is 0. The van der Waals surface area contributed by atoms with E-state index in [0.717, 1.165) is 32.1 Å². The first kappa shape index (κ1) is 11.9. The highest BCUT2D eigenvalue weighted by Crippen LogP contribution is 2.32. The van der Waals surface area contributed by atoms with Gasteiger partial charge in [-0.15, -0.1) is 0 Å². The molecule has 90 valence electrons. The third-order valence-corrected chi connectivity index (χ3v) is 5.04. The molecular weight excluding hydrogens is 224 g/mol. The van der Waals surface area contributed by atoms with E-state index in [1.165, 1.54) is 0 Å². The fourth-order valence-electron chi connectivity index (χ4n) is 2.33. The molecule has 2 aliphatic rings. The zero-order valence-corrected chi connectivity index (χ0v) is 10.2. The first-order valence-electron chi connectivity index (χ1n) is 5.98. The number of nitrogens with one attached hydrogen (secondary N) is 1. The molecule has 2 saturated carbocycles. The minimum Gasteiger partial charge on any atom is -0.212 e. The molecule has 0 spiro atoms. The molecule has 4 nitrogen and oxygen atoms in total. The van der Waals surface area contributed by atoms with E-state index >= 15 is 0 Å². The molecule has 0 aromatic heterocycles. The second kappa shape index (κ2) is 4.34. The third kappa shape index (κ3) is 2.96. The van der Waals surface area contributed by atoms with Gasteiger partial charge in [0.1, 0.15) is 5.54 Å². The highest BCUT2D eigenvalue weighted by atomic mass is 32.2. The van der Waals surface area contributed by atoms with Crippen molar-refractivity contribution in [3.8, 4) is 6.07 Å². The number of hydrogen-bond acceptors (Lipinski definition) is 3. The molecule has 0 amide bonds. The molecule has 0 atom stereocenters. The van der Waals surface area contributed by atoms with Crippen LogP contribution < -0.4 is 4.72 Å². The Hall–Kier alpha value is -0.600. The highest BCUT2D eigenvalue weighted by Gasteiger charge is 2.38. The van der Waals surface area contributed by atoms with Gasteiger partial charge in [-0.1, -0.05) is 19.3 Å². The maximum atomic E-state index is 11.9. The van der Waals surface area contributed by atoms with Gasteiger partial charge in [-0.05, 0) is 31.6 Å². The molecule has 0 aromatic carbocycles. The van der Waals surface area contributed by atoms with Crippen LogP contribution in [0.1, 0.15) is 44.9 Å². The van der Waals surface area contributed by atoms with E-state index in [2.05, 4.69) is 10.8 Å². The third-order valence-electron chi connectivity index (χ3n) is 3.42. The molecule has 5 heteroatoms. The van der Waals surface area contributed by atoms with E-state index in [1.54, 1.807) is 0 Å². The minimum absolute atomic E-state index is 0.205. The van der Waals surface area contributed by atoms with E-state index in [-0.39, 0.29) is 5.75 Å². The molecule has 0 bridgehead atoms. The Labute approximate surface area is 97.1 Å². The Morgan fingerprint density at radius 2 is 1.88 bits per heavy atom. The molecule has 16 heavy (non-hydrogen) atoms. The van der Waals surface area contributed by atoms with Gasteiger partial charge in [-0.2, -0.15) is 9.98 Å². The zero-order valence-electron chi connectivity index (χ0n) is 9.41. The molecule has 1 N–H and O–H groups in total. The van der Waals surface area contributed by atoms with Crippen LogP contribution >= 0.6 is 0 Å². The van der Waals surface area contributed by atoms with E-state index in [9.17, 15) is 13.7 Å². The maximum absolute atomic E-state index is 11.9. The summed E-state index contributed by atoms with van der Waals surface area (Å²) in [4.78, 5) is 0. The van der Waals surface area contributed by atoms with Crippen LogP contribution in [0.15, 0.2) is 0 Å². The normalized spacial score (nSPS) is 24.9. The van der Waals surface area contributed by atoms with Crippen LogP contribution in [0.2, 0.25) is 0 Å². The standard InChI is InChI=1S/C11H18N2O2S/c12-9-11(6-2-1-3-7-11)13-16(14,15)8-10-4-5-10/h10,13H,1-8H2. The lowest BCUT2D eigenvalue weighted by molar-refractivity contribution is 0.338. The van der Waals surface area contributed by atoms with Crippen LogP contribution in [-0.4, -0.2) is 19.7 Å². The van der Waals surface area contributed by atoms with Crippen molar-refractivity contribution in [3.63, 3.8) is 0 Å². The van der Waals surface area contributed by atoms with E-state index in [4.69, 9.17) is 0 Å². The molecule has 2 aliphatic carbocycles. The summed E-state index contributed by atoms with van der Waals surface area (Å²) in [6, 6.07) is 2.18. The quantitative estimate of drug-likeness (QED) is 0.813. The topological polar surface area (TPSA) is 70.0 Å². The molecule has 0 aromatic rings. The SMILES string of the molecule is N#CC1(NS(=O)(=O)CC2CC2)CCCCC1. The van der Waals surface area contributed by atoms with Crippen molar-refractivity contribution in [3.05, 3.63) is 0 Å². The van der Waals surface area contributed by atoms with Gasteiger partial charge >= 0.3 is 0 Å². The fraction of sp³-hybridized carbons (Fsp3) is 0.909. The molecule has 2 rings (SSSR count). The van der Waals surface area contributed by atoms with Crippen LogP contribution in [0, 0.1) is 17.2 Å². The lowest BCUT2D eigenvalue weighted by Gasteiger charge is -2.31. The van der Waals surface area contributed by atoms with Crippen LogP contribution in [-0.2, 0) is 10.0 Å². The summed E-state index contributed by atoms with van der Waals surface area (Å²) in [6.07, 6.45) is 6.34. The van der Waals surface area contributed by atoms with E-state index in [1.807, 2.05) is 0 Å². The summed E-state index contributed by atoms with van der Waals surface area (Å²) in [6.45, 7) is 0. The minimum atomic E-state index is -3.26. The van der Waals surface area contributed by atoms with Gasteiger partial charge in [-0.25, -0.2) is 8.42 Å². The van der Waals surface area contributed by atoms with Crippen molar-refractivity contribution in [2.75, 3.05) is 5.75 Å². The van der Waals surface area contributed by atoms with Gasteiger partial charge in [0.2, 0.25) is 10.0 Å². The van der Waals surface area contributed by atoms with E-state index in [0.29, 0.717) is 18.8 Å². The lowest BCUT2D eigenvalue weighted by atomic mass is 9.84.